The van der Waals surface area contributed by atoms with E-state index in [2.05, 4.69) is 15.3 Å². The molecular formula is C29H29N5O3. The van der Waals surface area contributed by atoms with E-state index in [1.807, 2.05) is 64.2 Å². The molecule has 6 rings (SSSR count). The molecule has 0 atom stereocenters. The van der Waals surface area contributed by atoms with Gasteiger partial charge in [0.25, 0.3) is 11.8 Å². The number of pyridine rings is 2. The van der Waals surface area contributed by atoms with Crippen LogP contribution in [-0.2, 0) is 13.0 Å². The number of piperidine rings is 1. The summed E-state index contributed by atoms with van der Waals surface area (Å²) in [4.78, 5) is 36.3. The summed E-state index contributed by atoms with van der Waals surface area (Å²) in [6.45, 7) is 2.56. The molecule has 3 aromatic heterocycles. The Morgan fingerprint density at radius 2 is 1.84 bits per heavy atom. The summed E-state index contributed by atoms with van der Waals surface area (Å²) in [7, 11) is 0. The number of hydrogen-bond acceptors (Lipinski definition) is 5. The third kappa shape index (κ3) is 4.91. The number of hydrogen-bond donors (Lipinski definition) is 1. The minimum absolute atomic E-state index is 0.0400. The highest BCUT2D eigenvalue weighted by atomic mass is 16.5. The maximum absolute atomic E-state index is 13.1. The normalized spacial score (nSPS) is 15.7. The second-order valence-electron chi connectivity index (χ2n) is 9.74. The molecule has 2 aliphatic heterocycles. The average Bonchev–Trinajstić information content (AvgIpc) is 3.43. The molecule has 188 valence electrons. The zero-order valence-corrected chi connectivity index (χ0v) is 20.6. The van der Waals surface area contributed by atoms with Crippen LogP contribution >= 0.6 is 0 Å². The minimum atomic E-state index is -0.0979. The van der Waals surface area contributed by atoms with Crippen LogP contribution in [0.2, 0.25) is 0 Å². The number of nitrogens with one attached hydrogen (secondary N) is 1. The van der Waals surface area contributed by atoms with Gasteiger partial charge < -0.3 is 19.4 Å². The fourth-order valence-electron chi connectivity index (χ4n) is 5.21. The lowest BCUT2D eigenvalue weighted by molar-refractivity contribution is 0.0712. The van der Waals surface area contributed by atoms with Gasteiger partial charge in [0.2, 0.25) is 5.88 Å². The maximum atomic E-state index is 13.1. The van der Waals surface area contributed by atoms with Crippen LogP contribution in [0.25, 0.3) is 5.65 Å². The Balaban J connectivity index is 1.02. The predicted octanol–water partition coefficient (Wildman–Crippen LogP) is 4.00. The van der Waals surface area contributed by atoms with Crippen molar-refractivity contribution in [3.63, 3.8) is 0 Å². The zero-order valence-electron chi connectivity index (χ0n) is 20.6. The van der Waals surface area contributed by atoms with Crippen molar-refractivity contribution in [2.45, 2.75) is 38.1 Å². The lowest BCUT2D eigenvalue weighted by Gasteiger charge is -2.32. The molecule has 2 amide bonds. The van der Waals surface area contributed by atoms with E-state index in [-0.39, 0.29) is 11.8 Å². The Morgan fingerprint density at radius 3 is 2.68 bits per heavy atom. The maximum Gasteiger partial charge on any atom is 0.255 e. The monoisotopic (exact) mass is 495 g/mol. The fraction of sp³-hybridized carbons (Fsp3) is 0.310. The van der Waals surface area contributed by atoms with Crippen LogP contribution in [0.5, 0.6) is 5.88 Å². The van der Waals surface area contributed by atoms with E-state index in [1.165, 1.54) is 5.56 Å². The van der Waals surface area contributed by atoms with Gasteiger partial charge in [-0.25, -0.2) is 9.97 Å². The first-order valence-electron chi connectivity index (χ1n) is 12.8. The van der Waals surface area contributed by atoms with Gasteiger partial charge in [-0.1, -0.05) is 12.1 Å². The molecular weight excluding hydrogens is 466 g/mol. The highest BCUT2D eigenvalue weighted by molar-refractivity contribution is 5.94. The number of rotatable bonds is 5. The number of imidazole rings is 1. The molecule has 0 bridgehead atoms. The van der Waals surface area contributed by atoms with Gasteiger partial charge in [-0.05, 0) is 73.1 Å². The molecule has 1 aromatic carbocycles. The van der Waals surface area contributed by atoms with Gasteiger partial charge >= 0.3 is 0 Å². The first-order chi connectivity index (χ1) is 18.1. The van der Waals surface area contributed by atoms with Crippen molar-refractivity contribution in [2.75, 3.05) is 19.7 Å². The van der Waals surface area contributed by atoms with Crippen LogP contribution in [-0.4, -0.2) is 50.8 Å². The molecule has 0 aliphatic carbocycles. The average molecular weight is 496 g/mol. The van der Waals surface area contributed by atoms with Gasteiger partial charge in [-0.2, -0.15) is 0 Å². The molecule has 0 radical (unpaired) electrons. The van der Waals surface area contributed by atoms with E-state index < -0.39 is 0 Å². The van der Waals surface area contributed by atoms with Crippen molar-refractivity contribution < 1.29 is 14.3 Å². The van der Waals surface area contributed by atoms with E-state index in [9.17, 15) is 9.59 Å². The second-order valence-corrected chi connectivity index (χ2v) is 9.74. The molecule has 0 unspecified atom stereocenters. The summed E-state index contributed by atoms with van der Waals surface area (Å²) in [6.07, 6.45) is 10.9. The van der Waals surface area contributed by atoms with E-state index in [4.69, 9.17) is 4.74 Å². The standard InChI is InChI=1S/C29H29N5O3/c35-27(31-18-20-7-11-33-14-10-30-26(33)16-20)23-5-3-21(4-6-23)22-8-12-34(13-9-22)29(36)25-17-24-2-1-15-37-28(24)32-19-25/h3-7,10-11,14,16-17,19,22H,1-2,8-9,12-13,15,18H2,(H,31,35). The van der Waals surface area contributed by atoms with Crippen molar-refractivity contribution in [3.05, 3.63) is 95.1 Å². The molecule has 8 nitrogen and oxygen atoms in total. The van der Waals surface area contributed by atoms with Crippen molar-refractivity contribution in [3.8, 4) is 5.88 Å². The SMILES string of the molecule is O=C(NCc1ccn2ccnc2c1)c1ccc(C2CCN(C(=O)c3cnc4c(c3)CCCO4)CC2)cc1. The van der Waals surface area contributed by atoms with Crippen LogP contribution in [0.4, 0.5) is 0 Å². The van der Waals surface area contributed by atoms with Crippen LogP contribution in [0.15, 0.2) is 67.3 Å². The smallest absolute Gasteiger partial charge is 0.255 e. The van der Waals surface area contributed by atoms with Gasteiger partial charge in [-0.15, -0.1) is 0 Å². The molecule has 8 heteroatoms. The fourth-order valence-corrected chi connectivity index (χ4v) is 5.21. The second kappa shape index (κ2) is 10.0. The Hall–Kier alpha value is -4.20. The molecule has 0 spiro atoms. The van der Waals surface area contributed by atoms with E-state index >= 15 is 0 Å². The number of ether oxygens (including phenoxy) is 1. The number of fused-ring (bicyclic) bond motifs is 2. The Morgan fingerprint density at radius 1 is 1.00 bits per heavy atom. The lowest BCUT2D eigenvalue weighted by atomic mass is 9.88. The lowest BCUT2D eigenvalue weighted by Crippen LogP contribution is -2.38. The molecule has 1 fully saturated rings. The largest absolute Gasteiger partial charge is 0.477 e. The molecule has 0 saturated carbocycles. The van der Waals surface area contributed by atoms with Gasteiger partial charge in [0.15, 0.2) is 0 Å². The summed E-state index contributed by atoms with van der Waals surface area (Å²) in [5.74, 6) is 0.976. The summed E-state index contributed by atoms with van der Waals surface area (Å²) in [6, 6.07) is 13.8. The minimum Gasteiger partial charge on any atom is -0.477 e. The van der Waals surface area contributed by atoms with Crippen LogP contribution in [0.3, 0.4) is 0 Å². The van der Waals surface area contributed by atoms with Gasteiger partial charge in [-0.3, -0.25) is 9.59 Å². The summed E-state index contributed by atoms with van der Waals surface area (Å²) in [5, 5.41) is 2.99. The number of benzene rings is 1. The van der Waals surface area contributed by atoms with Crippen molar-refractivity contribution in [2.24, 2.45) is 0 Å². The zero-order chi connectivity index (χ0) is 25.2. The Labute approximate surface area is 215 Å². The highest BCUT2D eigenvalue weighted by Gasteiger charge is 2.26. The molecule has 2 aliphatic rings. The van der Waals surface area contributed by atoms with Crippen molar-refractivity contribution in [1.29, 1.82) is 0 Å². The summed E-state index contributed by atoms with van der Waals surface area (Å²) >= 11 is 0. The van der Waals surface area contributed by atoms with Crippen molar-refractivity contribution in [1.82, 2.24) is 24.6 Å². The number of carbonyl (C=O) groups excluding carboxylic acids is 2. The number of aromatic nitrogens is 3. The molecule has 1 saturated heterocycles. The van der Waals surface area contributed by atoms with E-state index in [0.717, 1.165) is 42.5 Å². The third-order valence-electron chi connectivity index (χ3n) is 7.34. The summed E-state index contributed by atoms with van der Waals surface area (Å²) < 4.78 is 7.51. The first kappa shape index (κ1) is 23.2. The highest BCUT2D eigenvalue weighted by Crippen LogP contribution is 2.30. The van der Waals surface area contributed by atoms with Crippen LogP contribution < -0.4 is 10.1 Å². The third-order valence-corrected chi connectivity index (χ3v) is 7.34. The molecule has 5 heterocycles. The Bertz CT molecular complexity index is 1440. The van der Waals surface area contributed by atoms with Gasteiger partial charge in [0.05, 0.1) is 12.2 Å². The summed E-state index contributed by atoms with van der Waals surface area (Å²) in [5.41, 5.74) is 5.38. The molecule has 37 heavy (non-hydrogen) atoms. The topological polar surface area (TPSA) is 88.8 Å². The number of nitrogens with zero attached hydrogens (tertiary/aromatic N) is 4. The Kier molecular flexibility index (Phi) is 6.30. The first-order valence-corrected chi connectivity index (χ1v) is 12.8. The van der Waals surface area contributed by atoms with Gasteiger partial charge in [0.1, 0.15) is 5.65 Å². The number of likely N-dealkylation sites (tertiary alicyclic amines) is 1. The van der Waals surface area contributed by atoms with E-state index in [0.29, 0.717) is 49.2 Å². The predicted molar refractivity (Wildman–Crippen MR) is 139 cm³/mol. The van der Waals surface area contributed by atoms with Crippen LogP contribution in [0.1, 0.15) is 62.6 Å². The number of amides is 2. The van der Waals surface area contributed by atoms with Crippen molar-refractivity contribution >= 4 is 17.5 Å². The number of aryl methyl sites for hydroxylation is 1. The quantitative estimate of drug-likeness (QED) is 0.452. The number of carbonyl (C=O) groups is 2. The van der Waals surface area contributed by atoms with Crippen LogP contribution in [0, 0.1) is 0 Å². The van der Waals surface area contributed by atoms with E-state index in [1.54, 1.807) is 12.4 Å². The molecule has 4 aromatic rings. The molecule has 1 N–H and O–H groups in total. The van der Waals surface area contributed by atoms with Gasteiger partial charge in [0, 0.05) is 55.5 Å².